The van der Waals surface area contributed by atoms with Crippen molar-refractivity contribution in [3.05, 3.63) is 10.4 Å². The first-order valence-corrected chi connectivity index (χ1v) is 6.52. The van der Waals surface area contributed by atoms with Crippen LogP contribution in [-0.2, 0) is 0 Å². The van der Waals surface area contributed by atoms with Crippen molar-refractivity contribution in [2.24, 2.45) is 11.0 Å². The van der Waals surface area contributed by atoms with Gasteiger partial charge in [0, 0.05) is 4.91 Å². The van der Waals surface area contributed by atoms with Crippen LogP contribution in [0.1, 0.15) is 44.9 Å². The highest BCUT2D eigenvalue weighted by Gasteiger charge is 2.40. The third-order valence-corrected chi connectivity index (χ3v) is 4.46. The number of nitrogens with zero attached hydrogens (tertiary/aromatic N) is 4. The average molecular weight is 222 g/mol. The fraction of sp³-hybridized carbons (Fsp3) is 1.00. The van der Waals surface area contributed by atoms with Crippen LogP contribution < -0.4 is 0 Å². The Bertz CT molecular complexity index is 269. The summed E-state index contributed by atoms with van der Waals surface area (Å²) in [6.45, 7) is 2.16. The van der Waals surface area contributed by atoms with E-state index >= 15 is 0 Å². The van der Waals surface area contributed by atoms with Crippen LogP contribution in [0.2, 0.25) is 0 Å². The van der Waals surface area contributed by atoms with E-state index < -0.39 is 0 Å². The number of hydrogen-bond donors (Lipinski definition) is 0. The van der Waals surface area contributed by atoms with Crippen LogP contribution in [-0.4, -0.2) is 30.6 Å². The maximum Gasteiger partial charge on any atom is 0.0540 e. The predicted molar refractivity (Wildman–Crippen MR) is 65.2 cm³/mol. The largest absolute Gasteiger partial charge is 0.306 e. The summed E-state index contributed by atoms with van der Waals surface area (Å²) >= 11 is 0. The van der Waals surface area contributed by atoms with Crippen LogP contribution in [0.5, 0.6) is 0 Å². The molecule has 0 spiro atoms. The normalized spacial score (nSPS) is 27.3. The van der Waals surface area contributed by atoms with Crippen LogP contribution in [0.25, 0.3) is 10.4 Å². The lowest BCUT2D eigenvalue weighted by Gasteiger charge is -2.44. The van der Waals surface area contributed by atoms with Crippen LogP contribution in [0.4, 0.5) is 0 Å². The van der Waals surface area contributed by atoms with Crippen molar-refractivity contribution in [2.45, 2.75) is 50.5 Å². The second-order valence-electron chi connectivity index (χ2n) is 5.43. The molecule has 0 unspecified atom stereocenters. The quantitative estimate of drug-likeness (QED) is 0.401. The van der Waals surface area contributed by atoms with Crippen molar-refractivity contribution in [1.29, 1.82) is 0 Å². The minimum atomic E-state index is -0.0539. The van der Waals surface area contributed by atoms with Gasteiger partial charge in [-0.15, -0.1) is 0 Å². The highest BCUT2D eigenvalue weighted by Crippen LogP contribution is 2.41. The lowest BCUT2D eigenvalue weighted by molar-refractivity contribution is 0.112. The minimum Gasteiger partial charge on any atom is -0.306 e. The third-order valence-electron chi connectivity index (χ3n) is 4.46. The van der Waals surface area contributed by atoms with Gasteiger partial charge in [0.25, 0.3) is 0 Å². The first kappa shape index (κ1) is 11.7. The summed E-state index contributed by atoms with van der Waals surface area (Å²) in [6, 6.07) is 0. The molecule has 4 heteroatoms. The van der Waals surface area contributed by atoms with E-state index in [9.17, 15) is 0 Å². The zero-order valence-corrected chi connectivity index (χ0v) is 10.2. The molecular formula is C12H22N4. The van der Waals surface area contributed by atoms with E-state index in [-0.39, 0.29) is 5.54 Å². The van der Waals surface area contributed by atoms with Gasteiger partial charge in [0.2, 0.25) is 0 Å². The van der Waals surface area contributed by atoms with Crippen LogP contribution in [0, 0.1) is 5.92 Å². The molecular weight excluding hydrogens is 200 g/mol. The fourth-order valence-corrected chi connectivity index (χ4v) is 3.32. The molecule has 0 N–H and O–H groups in total. The molecule has 1 saturated heterocycles. The monoisotopic (exact) mass is 222 g/mol. The summed E-state index contributed by atoms with van der Waals surface area (Å²) in [5.74, 6) is 0.644. The Balaban J connectivity index is 2.11. The maximum atomic E-state index is 8.82. The van der Waals surface area contributed by atoms with E-state index in [4.69, 9.17) is 5.53 Å². The van der Waals surface area contributed by atoms with E-state index in [1.807, 2.05) is 0 Å². The molecule has 16 heavy (non-hydrogen) atoms. The highest BCUT2D eigenvalue weighted by molar-refractivity contribution is 4.99. The molecule has 0 atom stereocenters. The SMILES string of the molecule is CN1CCC(N=[N+]=[N-])(C2CCCCC2)CC1. The molecule has 90 valence electrons. The number of azide groups is 1. The Morgan fingerprint density at radius 1 is 1.19 bits per heavy atom. The molecule has 2 fully saturated rings. The van der Waals surface area contributed by atoms with E-state index in [2.05, 4.69) is 22.0 Å². The molecule has 0 aromatic heterocycles. The first-order valence-electron chi connectivity index (χ1n) is 6.52. The van der Waals surface area contributed by atoms with Gasteiger partial charge in [-0.3, -0.25) is 0 Å². The van der Waals surface area contributed by atoms with Crippen molar-refractivity contribution < 1.29 is 0 Å². The number of rotatable bonds is 2. The minimum absolute atomic E-state index is 0.0539. The average Bonchev–Trinajstić information content (AvgIpc) is 2.34. The summed E-state index contributed by atoms with van der Waals surface area (Å²) in [4.78, 5) is 5.48. The summed E-state index contributed by atoms with van der Waals surface area (Å²) in [6.07, 6.45) is 8.65. The molecule has 2 aliphatic rings. The Morgan fingerprint density at radius 2 is 1.81 bits per heavy atom. The predicted octanol–water partition coefficient (Wildman–Crippen LogP) is 3.34. The van der Waals surface area contributed by atoms with Crippen molar-refractivity contribution in [1.82, 2.24) is 4.90 Å². The standard InChI is InChI=1S/C12H22N4/c1-16-9-7-12(8-10-16,14-15-13)11-5-3-2-4-6-11/h11H,2-10H2,1H3. The van der Waals surface area contributed by atoms with Gasteiger partial charge < -0.3 is 4.90 Å². The molecule has 0 amide bonds. The summed E-state index contributed by atoms with van der Waals surface area (Å²) < 4.78 is 0. The highest BCUT2D eigenvalue weighted by atomic mass is 15.2. The van der Waals surface area contributed by atoms with Gasteiger partial charge in [-0.2, -0.15) is 0 Å². The van der Waals surface area contributed by atoms with Gasteiger partial charge in [0.15, 0.2) is 0 Å². The Labute approximate surface area is 97.6 Å². The lowest BCUT2D eigenvalue weighted by atomic mass is 9.70. The number of hydrogen-bond acceptors (Lipinski definition) is 2. The van der Waals surface area contributed by atoms with Gasteiger partial charge in [0.05, 0.1) is 5.54 Å². The molecule has 4 nitrogen and oxygen atoms in total. The molecule has 0 radical (unpaired) electrons. The van der Waals surface area contributed by atoms with E-state index in [1.54, 1.807) is 0 Å². The molecule has 1 saturated carbocycles. The van der Waals surface area contributed by atoms with Crippen molar-refractivity contribution in [3.8, 4) is 0 Å². The third kappa shape index (κ3) is 2.33. The van der Waals surface area contributed by atoms with Crippen molar-refractivity contribution in [3.63, 3.8) is 0 Å². The molecule has 1 heterocycles. The summed E-state index contributed by atoms with van der Waals surface area (Å²) in [5, 5.41) is 4.23. The van der Waals surface area contributed by atoms with Gasteiger partial charge in [-0.1, -0.05) is 24.4 Å². The Hall–Kier alpha value is -0.730. The lowest BCUT2D eigenvalue weighted by Crippen LogP contribution is -2.46. The summed E-state index contributed by atoms with van der Waals surface area (Å²) in [7, 11) is 2.15. The van der Waals surface area contributed by atoms with Crippen LogP contribution in [0.15, 0.2) is 5.11 Å². The van der Waals surface area contributed by atoms with E-state index in [0.717, 1.165) is 25.9 Å². The van der Waals surface area contributed by atoms with Crippen LogP contribution in [0.3, 0.4) is 0 Å². The van der Waals surface area contributed by atoms with Gasteiger partial charge in [0.1, 0.15) is 0 Å². The molecule has 0 aromatic carbocycles. The Kier molecular flexibility index (Phi) is 3.72. The zero-order valence-electron chi connectivity index (χ0n) is 10.2. The topological polar surface area (TPSA) is 52.0 Å². The van der Waals surface area contributed by atoms with Crippen molar-refractivity contribution >= 4 is 0 Å². The molecule has 0 aromatic rings. The first-order chi connectivity index (χ1) is 7.77. The number of piperidine rings is 1. The molecule has 1 aliphatic heterocycles. The van der Waals surface area contributed by atoms with Crippen LogP contribution >= 0.6 is 0 Å². The van der Waals surface area contributed by atoms with E-state index in [1.165, 1.54) is 32.1 Å². The van der Waals surface area contributed by atoms with Crippen molar-refractivity contribution in [2.75, 3.05) is 20.1 Å². The van der Waals surface area contributed by atoms with E-state index in [0.29, 0.717) is 5.92 Å². The number of likely N-dealkylation sites (tertiary alicyclic amines) is 1. The molecule has 0 bridgehead atoms. The second kappa shape index (κ2) is 5.07. The van der Waals surface area contributed by atoms with Gasteiger partial charge in [-0.05, 0) is 57.3 Å². The fourth-order valence-electron chi connectivity index (χ4n) is 3.32. The zero-order chi connectivity index (χ0) is 11.4. The maximum absolute atomic E-state index is 8.82. The van der Waals surface area contributed by atoms with Gasteiger partial charge in [-0.25, -0.2) is 0 Å². The molecule has 2 rings (SSSR count). The summed E-state index contributed by atoms with van der Waals surface area (Å²) in [5.41, 5.74) is 8.77. The Morgan fingerprint density at radius 3 is 2.38 bits per heavy atom. The molecule has 1 aliphatic carbocycles. The smallest absolute Gasteiger partial charge is 0.0540 e. The van der Waals surface area contributed by atoms with Gasteiger partial charge >= 0.3 is 0 Å². The second-order valence-corrected chi connectivity index (χ2v) is 5.43.